The van der Waals surface area contributed by atoms with Crippen LogP contribution in [0, 0.1) is 0 Å². The van der Waals surface area contributed by atoms with Crippen molar-refractivity contribution in [2.45, 2.75) is 5.92 Å². The first-order valence-electron chi connectivity index (χ1n) is 8.39. The molecule has 8 nitrogen and oxygen atoms in total. The van der Waals surface area contributed by atoms with Crippen molar-refractivity contribution in [2.75, 3.05) is 24.7 Å². The molecule has 2 aromatic carbocycles. The van der Waals surface area contributed by atoms with Gasteiger partial charge in [0.15, 0.2) is 0 Å². The summed E-state index contributed by atoms with van der Waals surface area (Å²) in [5, 5.41) is 7.46. The number of nitrogens with zero attached hydrogens (tertiary/aromatic N) is 3. The average Bonchev–Trinajstić information content (AvgIpc) is 3.21. The molecule has 0 aliphatic heterocycles. The molecule has 1 heterocycles. The lowest BCUT2D eigenvalue weighted by Gasteiger charge is -2.11. The highest BCUT2D eigenvalue weighted by molar-refractivity contribution is 9.10. The number of anilines is 1. The van der Waals surface area contributed by atoms with E-state index in [1.54, 1.807) is 24.3 Å². The van der Waals surface area contributed by atoms with Crippen molar-refractivity contribution in [2.24, 2.45) is 0 Å². The number of hydrogen-bond acceptors (Lipinski definition) is 7. The SMILES string of the molecule is CN(C)c1ccc(-c2nnco2)cc1.O=CC(CS(=O)(=O)O)c1ccc(Br)cc1. The first-order valence-corrected chi connectivity index (χ1v) is 10.8. The van der Waals surface area contributed by atoms with Crippen molar-refractivity contribution in [3.63, 3.8) is 0 Å². The fourth-order valence-corrected chi connectivity index (χ4v) is 3.34. The highest BCUT2D eigenvalue weighted by atomic mass is 79.9. The number of carbonyl (C=O) groups is 1. The van der Waals surface area contributed by atoms with Gasteiger partial charge in [0.1, 0.15) is 6.29 Å². The molecular weight excluding hydrogens is 462 g/mol. The quantitative estimate of drug-likeness (QED) is 0.420. The van der Waals surface area contributed by atoms with Crippen molar-refractivity contribution in [1.82, 2.24) is 10.2 Å². The van der Waals surface area contributed by atoms with Crippen LogP contribution in [-0.2, 0) is 14.9 Å². The van der Waals surface area contributed by atoms with E-state index in [0.717, 1.165) is 15.7 Å². The van der Waals surface area contributed by atoms with Crippen LogP contribution in [0.1, 0.15) is 11.5 Å². The second-order valence-corrected chi connectivity index (χ2v) is 8.64. The number of rotatable bonds is 6. The maximum Gasteiger partial charge on any atom is 0.265 e. The largest absolute Gasteiger partial charge is 0.423 e. The van der Waals surface area contributed by atoms with Gasteiger partial charge in [-0.2, -0.15) is 8.42 Å². The van der Waals surface area contributed by atoms with Crippen LogP contribution >= 0.6 is 15.9 Å². The molecule has 0 spiro atoms. The predicted octanol–water partition coefficient (Wildman–Crippen LogP) is 3.42. The molecule has 0 saturated carbocycles. The van der Waals surface area contributed by atoms with Gasteiger partial charge in [-0.25, -0.2) is 0 Å². The molecular formula is C19H20BrN3O5S. The zero-order valence-corrected chi connectivity index (χ0v) is 18.2. The standard InChI is InChI=1S/C10H11N3O.C9H9BrO4S/c1-13(2)9-5-3-8(4-6-9)10-12-11-7-14-10;10-9-3-1-7(2-4-9)8(5-11)6-15(12,13)14/h3-7H,1-2H3;1-5,8H,6H2,(H,12,13,14). The molecule has 1 aromatic heterocycles. The van der Waals surface area contributed by atoms with Crippen LogP contribution in [0.3, 0.4) is 0 Å². The van der Waals surface area contributed by atoms with Crippen LogP contribution in [0.4, 0.5) is 5.69 Å². The Bertz CT molecular complexity index is 1010. The Kier molecular flexibility index (Phi) is 8.06. The van der Waals surface area contributed by atoms with E-state index in [-0.39, 0.29) is 0 Å². The van der Waals surface area contributed by atoms with Gasteiger partial charge in [-0.3, -0.25) is 4.55 Å². The summed E-state index contributed by atoms with van der Waals surface area (Å²) in [4.78, 5) is 12.7. The molecule has 1 unspecified atom stereocenters. The molecule has 0 saturated heterocycles. The number of carbonyl (C=O) groups excluding carboxylic acids is 1. The molecule has 0 aliphatic rings. The minimum absolute atomic E-state index is 0.511. The Morgan fingerprint density at radius 3 is 2.21 bits per heavy atom. The third-order valence-electron chi connectivity index (χ3n) is 3.84. The van der Waals surface area contributed by atoms with Gasteiger partial charge < -0.3 is 14.1 Å². The van der Waals surface area contributed by atoms with E-state index in [2.05, 4.69) is 26.1 Å². The molecule has 1 N–H and O–H groups in total. The number of aromatic nitrogens is 2. The average molecular weight is 482 g/mol. The zero-order valence-electron chi connectivity index (χ0n) is 15.8. The van der Waals surface area contributed by atoms with Gasteiger partial charge in [0.2, 0.25) is 12.3 Å². The normalized spacial score (nSPS) is 11.9. The van der Waals surface area contributed by atoms with Crippen molar-refractivity contribution in [3.05, 3.63) is 65.0 Å². The second-order valence-electron chi connectivity index (χ2n) is 6.23. The van der Waals surface area contributed by atoms with E-state index in [0.29, 0.717) is 17.7 Å². The number of halogens is 1. The summed E-state index contributed by atoms with van der Waals surface area (Å²) in [6.45, 7) is 0. The molecule has 0 fully saturated rings. The van der Waals surface area contributed by atoms with E-state index >= 15 is 0 Å². The Morgan fingerprint density at radius 1 is 1.14 bits per heavy atom. The zero-order chi connectivity index (χ0) is 21.4. The highest BCUT2D eigenvalue weighted by Crippen LogP contribution is 2.20. The van der Waals surface area contributed by atoms with Crippen LogP contribution in [0.15, 0.2) is 63.8 Å². The monoisotopic (exact) mass is 481 g/mol. The van der Waals surface area contributed by atoms with Crippen LogP contribution in [0.25, 0.3) is 11.5 Å². The predicted molar refractivity (Wildman–Crippen MR) is 113 cm³/mol. The molecule has 10 heteroatoms. The summed E-state index contributed by atoms with van der Waals surface area (Å²) < 4.78 is 35.8. The Balaban J connectivity index is 0.000000207. The minimum Gasteiger partial charge on any atom is -0.423 e. The van der Waals surface area contributed by atoms with Crippen LogP contribution in [-0.4, -0.2) is 49.3 Å². The van der Waals surface area contributed by atoms with E-state index in [1.165, 1.54) is 6.39 Å². The molecule has 0 radical (unpaired) electrons. The molecule has 29 heavy (non-hydrogen) atoms. The lowest BCUT2D eigenvalue weighted by Crippen LogP contribution is -2.14. The fourth-order valence-electron chi connectivity index (χ4n) is 2.35. The van der Waals surface area contributed by atoms with Gasteiger partial charge in [0.25, 0.3) is 10.1 Å². The topological polar surface area (TPSA) is 114 Å². The van der Waals surface area contributed by atoms with Crippen LogP contribution in [0.2, 0.25) is 0 Å². The third kappa shape index (κ3) is 7.41. The van der Waals surface area contributed by atoms with Crippen molar-refractivity contribution in [3.8, 4) is 11.5 Å². The smallest absolute Gasteiger partial charge is 0.265 e. The molecule has 3 aromatic rings. The van der Waals surface area contributed by atoms with Gasteiger partial charge in [-0.1, -0.05) is 28.1 Å². The van der Waals surface area contributed by atoms with E-state index in [1.807, 2.05) is 43.3 Å². The molecule has 1 atom stereocenters. The Hall–Kier alpha value is -2.56. The molecule has 0 amide bonds. The summed E-state index contributed by atoms with van der Waals surface area (Å²) in [5.74, 6) is -0.860. The lowest BCUT2D eigenvalue weighted by atomic mass is 10.0. The summed E-state index contributed by atoms with van der Waals surface area (Å²) >= 11 is 3.22. The lowest BCUT2D eigenvalue weighted by molar-refractivity contribution is -0.108. The minimum atomic E-state index is -4.14. The second kappa shape index (κ2) is 10.3. The number of hydrogen-bond donors (Lipinski definition) is 1. The molecule has 0 bridgehead atoms. The summed E-state index contributed by atoms with van der Waals surface area (Å²) in [6.07, 6.45) is 1.84. The Labute approximate surface area is 177 Å². The summed E-state index contributed by atoms with van der Waals surface area (Å²) in [6, 6.07) is 14.6. The molecule has 0 aliphatic carbocycles. The Morgan fingerprint density at radius 2 is 1.76 bits per heavy atom. The van der Waals surface area contributed by atoms with Gasteiger partial charge in [-0.15, -0.1) is 10.2 Å². The van der Waals surface area contributed by atoms with Crippen LogP contribution < -0.4 is 4.90 Å². The summed E-state index contributed by atoms with van der Waals surface area (Å²) in [7, 11) is -0.133. The summed E-state index contributed by atoms with van der Waals surface area (Å²) in [5.41, 5.74) is 2.65. The number of aldehydes is 1. The van der Waals surface area contributed by atoms with Crippen molar-refractivity contribution >= 4 is 38.0 Å². The van der Waals surface area contributed by atoms with Crippen LogP contribution in [0.5, 0.6) is 0 Å². The van der Waals surface area contributed by atoms with E-state index in [9.17, 15) is 13.2 Å². The van der Waals surface area contributed by atoms with E-state index < -0.39 is 21.8 Å². The van der Waals surface area contributed by atoms with Crippen molar-refractivity contribution < 1.29 is 22.2 Å². The van der Waals surface area contributed by atoms with E-state index in [4.69, 9.17) is 8.97 Å². The molecule has 154 valence electrons. The first-order chi connectivity index (χ1) is 13.7. The maximum atomic E-state index is 10.7. The molecule has 3 rings (SSSR count). The van der Waals surface area contributed by atoms with Gasteiger partial charge in [0, 0.05) is 29.8 Å². The fraction of sp³-hybridized carbons (Fsp3) is 0.211. The first kappa shape index (κ1) is 22.7. The number of benzene rings is 2. The van der Waals surface area contributed by atoms with Gasteiger partial charge >= 0.3 is 0 Å². The van der Waals surface area contributed by atoms with Gasteiger partial charge in [0.05, 0.1) is 11.7 Å². The van der Waals surface area contributed by atoms with Crippen molar-refractivity contribution in [1.29, 1.82) is 0 Å². The highest BCUT2D eigenvalue weighted by Gasteiger charge is 2.17. The van der Waals surface area contributed by atoms with Gasteiger partial charge in [-0.05, 0) is 42.0 Å². The third-order valence-corrected chi connectivity index (χ3v) is 5.15. The maximum absolute atomic E-state index is 10.7.